The number of imidazole rings is 1. The Hall–Kier alpha value is -3.47. The number of hydrogen-bond donors (Lipinski definition) is 2. The number of fused-ring (bicyclic) bond motifs is 1. The number of H-pyrrole nitrogens is 1. The van der Waals surface area contributed by atoms with Gasteiger partial charge in [0, 0.05) is 0 Å². The summed E-state index contributed by atoms with van der Waals surface area (Å²) >= 11 is 0. The molecular formula is C16H13N3O5. The number of allylic oxidation sites excluding steroid dienone is 1. The first kappa shape index (κ1) is 15.4. The lowest BCUT2D eigenvalue weighted by atomic mass is 10.2. The van der Waals surface area contributed by atoms with E-state index in [0.717, 1.165) is 11.8 Å². The topological polar surface area (TPSA) is 117 Å². The van der Waals surface area contributed by atoms with Crippen LogP contribution in [0.4, 0.5) is 0 Å². The van der Waals surface area contributed by atoms with Crippen molar-refractivity contribution in [3.8, 4) is 6.07 Å². The van der Waals surface area contributed by atoms with E-state index in [0.29, 0.717) is 12.1 Å². The van der Waals surface area contributed by atoms with Crippen LogP contribution in [0.15, 0.2) is 42.0 Å². The maximum atomic E-state index is 11.8. The first-order valence-corrected chi connectivity index (χ1v) is 7.08. The highest BCUT2D eigenvalue weighted by molar-refractivity contribution is 5.86. The molecule has 0 fully saturated rings. The first-order valence-electron chi connectivity index (χ1n) is 7.08. The summed E-state index contributed by atoms with van der Waals surface area (Å²) in [7, 11) is 0. The van der Waals surface area contributed by atoms with Gasteiger partial charge in [0.1, 0.15) is 31.1 Å². The number of aliphatic hydroxyl groups excluding tert-OH is 1. The van der Waals surface area contributed by atoms with Gasteiger partial charge in [-0.25, -0.2) is 9.78 Å². The van der Waals surface area contributed by atoms with Crippen LogP contribution in [0, 0.1) is 11.3 Å². The van der Waals surface area contributed by atoms with Crippen LogP contribution in [0.3, 0.4) is 0 Å². The molecule has 0 aliphatic carbocycles. The number of hydrogen-bond acceptors (Lipinski definition) is 7. The average molecular weight is 327 g/mol. The fraction of sp³-hybridized carbons (Fsp3) is 0.188. The van der Waals surface area contributed by atoms with Crippen LogP contribution >= 0.6 is 0 Å². The Labute approximate surface area is 136 Å². The zero-order valence-corrected chi connectivity index (χ0v) is 12.5. The highest BCUT2D eigenvalue weighted by atomic mass is 16.6. The predicted octanol–water partition coefficient (Wildman–Crippen LogP) is 1.79. The molecule has 2 N–H and O–H groups in total. The van der Waals surface area contributed by atoms with Crippen LogP contribution in [0.5, 0.6) is 0 Å². The van der Waals surface area contributed by atoms with Crippen molar-refractivity contribution in [3.05, 3.63) is 47.9 Å². The van der Waals surface area contributed by atoms with Gasteiger partial charge in [0.15, 0.2) is 18.2 Å². The molecule has 0 amide bonds. The van der Waals surface area contributed by atoms with Gasteiger partial charge in [-0.3, -0.25) is 0 Å². The summed E-state index contributed by atoms with van der Waals surface area (Å²) in [4.78, 5) is 18.9. The lowest BCUT2D eigenvalue weighted by Crippen LogP contribution is -2.18. The maximum Gasteiger partial charge on any atom is 0.377 e. The van der Waals surface area contributed by atoms with Crippen LogP contribution in [0.2, 0.25) is 0 Å². The van der Waals surface area contributed by atoms with E-state index < -0.39 is 18.3 Å². The minimum absolute atomic E-state index is 0.0868. The van der Waals surface area contributed by atoms with Crippen LogP contribution < -0.4 is 0 Å². The van der Waals surface area contributed by atoms with Crippen molar-refractivity contribution >= 4 is 22.6 Å². The summed E-state index contributed by atoms with van der Waals surface area (Å²) < 4.78 is 14.9. The van der Waals surface area contributed by atoms with Gasteiger partial charge < -0.3 is 24.3 Å². The molecule has 0 atom stereocenters. The number of benzene rings is 1. The summed E-state index contributed by atoms with van der Waals surface area (Å²) in [6.07, 6.45) is 1.15. The van der Waals surface area contributed by atoms with Gasteiger partial charge in [-0.2, -0.15) is 5.26 Å². The number of ether oxygens (including phenoxy) is 3. The Morgan fingerprint density at radius 2 is 2.25 bits per heavy atom. The normalized spacial score (nSPS) is 14.7. The molecule has 0 unspecified atom stereocenters. The van der Waals surface area contributed by atoms with E-state index in [1.165, 1.54) is 0 Å². The van der Waals surface area contributed by atoms with Crippen LogP contribution in [0.1, 0.15) is 5.82 Å². The third-order valence-electron chi connectivity index (χ3n) is 3.22. The molecule has 0 spiro atoms. The number of nitrogens with one attached hydrogen (secondary N) is 1. The number of carbonyl (C=O) groups excluding carboxylic acids is 1. The maximum absolute atomic E-state index is 11.8. The molecule has 1 aromatic carbocycles. The van der Waals surface area contributed by atoms with Crippen molar-refractivity contribution < 1.29 is 24.1 Å². The van der Waals surface area contributed by atoms with Crippen LogP contribution in [0.25, 0.3) is 16.6 Å². The molecule has 24 heavy (non-hydrogen) atoms. The van der Waals surface area contributed by atoms with Gasteiger partial charge in [-0.05, 0) is 12.1 Å². The second kappa shape index (κ2) is 6.75. The molecule has 0 radical (unpaired) electrons. The summed E-state index contributed by atoms with van der Waals surface area (Å²) in [6.45, 7) is 0.108. The summed E-state index contributed by atoms with van der Waals surface area (Å²) in [5.74, 6) is -1.09. The Balaban J connectivity index is 1.76. The van der Waals surface area contributed by atoms with Gasteiger partial charge in [0.25, 0.3) is 0 Å². The fourth-order valence-electron chi connectivity index (χ4n) is 2.08. The van der Waals surface area contributed by atoms with Crippen molar-refractivity contribution in [2.24, 2.45) is 0 Å². The molecule has 0 bridgehead atoms. The Bertz CT molecular complexity index is 842. The van der Waals surface area contributed by atoms with Crippen LogP contribution in [-0.2, 0) is 19.0 Å². The highest BCUT2D eigenvalue weighted by Crippen LogP contribution is 2.19. The van der Waals surface area contributed by atoms with Gasteiger partial charge in [-0.1, -0.05) is 12.1 Å². The van der Waals surface area contributed by atoms with E-state index in [2.05, 4.69) is 9.97 Å². The van der Waals surface area contributed by atoms with E-state index in [1.807, 2.05) is 18.2 Å². The number of rotatable bonds is 4. The highest BCUT2D eigenvalue weighted by Gasteiger charge is 2.19. The number of para-hydroxylation sites is 2. The fourth-order valence-corrected chi connectivity index (χ4v) is 2.08. The number of nitriles is 1. The zero-order valence-electron chi connectivity index (χ0n) is 12.5. The molecule has 3 rings (SSSR count). The second-order valence-corrected chi connectivity index (χ2v) is 4.81. The molecule has 122 valence electrons. The Kier molecular flexibility index (Phi) is 4.34. The SMILES string of the molecule is N#C/C(=C(/O)COC(=O)C1=COCCO1)c1nc2ccccc2[nH]1. The van der Waals surface area contributed by atoms with E-state index in [-0.39, 0.29) is 23.8 Å². The minimum Gasteiger partial charge on any atom is -0.507 e. The van der Waals surface area contributed by atoms with E-state index in [4.69, 9.17) is 14.2 Å². The first-order chi connectivity index (χ1) is 11.7. The van der Waals surface area contributed by atoms with Crippen molar-refractivity contribution in [2.45, 2.75) is 0 Å². The standard InChI is InChI=1S/C16H13N3O5/c17-7-10(15-18-11-3-1-2-4-12(11)19-15)13(20)8-24-16(21)14-9-22-5-6-23-14/h1-4,9,20H,5-6,8H2,(H,18,19)/b13-10-. The molecule has 2 aromatic rings. The quantitative estimate of drug-likeness (QED) is 0.499. The molecule has 8 nitrogen and oxygen atoms in total. The largest absolute Gasteiger partial charge is 0.507 e. The molecule has 1 aliphatic heterocycles. The Morgan fingerprint density at radius 3 is 2.96 bits per heavy atom. The van der Waals surface area contributed by atoms with Gasteiger partial charge in [-0.15, -0.1) is 0 Å². The predicted molar refractivity (Wildman–Crippen MR) is 82.2 cm³/mol. The number of aromatic amines is 1. The number of aliphatic hydroxyl groups is 1. The molecule has 8 heteroatoms. The minimum atomic E-state index is -0.789. The third kappa shape index (κ3) is 3.15. The van der Waals surface area contributed by atoms with Crippen molar-refractivity contribution in [1.29, 1.82) is 5.26 Å². The van der Waals surface area contributed by atoms with Gasteiger partial charge >= 0.3 is 5.97 Å². The third-order valence-corrected chi connectivity index (χ3v) is 3.22. The van der Waals surface area contributed by atoms with Gasteiger partial charge in [0.2, 0.25) is 5.76 Å². The smallest absolute Gasteiger partial charge is 0.377 e. The molecular weight excluding hydrogens is 314 g/mol. The summed E-state index contributed by atoms with van der Waals surface area (Å²) in [5.41, 5.74) is 1.28. The molecule has 1 aliphatic rings. The van der Waals surface area contributed by atoms with Crippen molar-refractivity contribution in [3.63, 3.8) is 0 Å². The second-order valence-electron chi connectivity index (χ2n) is 4.81. The molecule has 2 heterocycles. The zero-order chi connectivity index (χ0) is 16.9. The number of aromatic nitrogens is 2. The lowest BCUT2D eigenvalue weighted by molar-refractivity contribution is -0.144. The number of carbonyl (C=O) groups is 1. The summed E-state index contributed by atoms with van der Waals surface area (Å²) in [6, 6.07) is 9.06. The molecule has 0 saturated heterocycles. The van der Waals surface area contributed by atoms with Crippen LogP contribution in [-0.4, -0.2) is 40.9 Å². The molecule has 1 aromatic heterocycles. The summed E-state index contributed by atoms with van der Waals surface area (Å²) in [5, 5.41) is 19.3. The number of nitrogens with zero attached hydrogens (tertiary/aromatic N) is 2. The van der Waals surface area contributed by atoms with E-state index in [9.17, 15) is 15.2 Å². The molecule has 0 saturated carbocycles. The Morgan fingerprint density at radius 1 is 1.42 bits per heavy atom. The lowest BCUT2D eigenvalue weighted by Gasteiger charge is -2.14. The number of esters is 1. The van der Waals surface area contributed by atoms with Crippen molar-refractivity contribution in [2.75, 3.05) is 19.8 Å². The average Bonchev–Trinajstić information content (AvgIpc) is 3.04. The van der Waals surface area contributed by atoms with E-state index >= 15 is 0 Å². The van der Waals surface area contributed by atoms with Crippen molar-refractivity contribution in [1.82, 2.24) is 9.97 Å². The monoisotopic (exact) mass is 327 g/mol. The van der Waals surface area contributed by atoms with E-state index in [1.54, 1.807) is 12.1 Å². The van der Waals surface area contributed by atoms with Gasteiger partial charge in [0.05, 0.1) is 11.0 Å².